The summed E-state index contributed by atoms with van der Waals surface area (Å²) in [4.78, 5) is 6.51. The van der Waals surface area contributed by atoms with Crippen molar-refractivity contribution in [1.82, 2.24) is 4.81 Å². The van der Waals surface area contributed by atoms with Crippen molar-refractivity contribution in [2.24, 2.45) is 4.90 Å². The van der Waals surface area contributed by atoms with Gasteiger partial charge in [0, 0.05) is 0 Å². The van der Waals surface area contributed by atoms with Gasteiger partial charge in [0.25, 0.3) is 6.42 Å². The molecule has 0 radical (unpaired) electrons. The third-order valence-corrected chi connectivity index (χ3v) is 6.20. The highest BCUT2D eigenvalue weighted by Gasteiger charge is 2.42. The van der Waals surface area contributed by atoms with Crippen molar-refractivity contribution in [3.8, 4) is 5.75 Å². The van der Waals surface area contributed by atoms with E-state index in [1.165, 1.54) is 0 Å². The smallest absolute Gasteiger partial charge is 0.429 e. The molecule has 1 aliphatic heterocycles. The highest BCUT2D eigenvalue weighted by Crippen LogP contribution is 2.30. The quantitative estimate of drug-likeness (QED) is 0.509. The van der Waals surface area contributed by atoms with Crippen molar-refractivity contribution in [1.29, 1.82) is 0 Å². The molecule has 0 saturated carbocycles. The topological polar surface area (TPSA) is 24.8 Å². The molecule has 0 amide bonds. The molecule has 0 spiro atoms. The lowest BCUT2D eigenvalue weighted by Crippen LogP contribution is -2.70. The van der Waals surface area contributed by atoms with Crippen molar-refractivity contribution in [3.63, 3.8) is 0 Å². The molecule has 0 fully saturated rings. The highest BCUT2D eigenvalue weighted by atomic mass is 19.4. The first-order chi connectivity index (χ1) is 15.8. The summed E-state index contributed by atoms with van der Waals surface area (Å²) >= 11 is 0. The van der Waals surface area contributed by atoms with Crippen LogP contribution in [0.2, 0.25) is 0 Å². The fourth-order valence-electron chi connectivity index (χ4n) is 4.59. The lowest BCUT2D eigenvalue weighted by Gasteiger charge is -2.54. The third-order valence-electron chi connectivity index (χ3n) is 6.20. The summed E-state index contributed by atoms with van der Waals surface area (Å²) in [6, 6.07) is 26.3. The number of allylic oxidation sites excluding steroid dienone is 2. The maximum absolute atomic E-state index is 13.9. The summed E-state index contributed by atoms with van der Waals surface area (Å²) in [5, 5.41) is 0. The zero-order chi connectivity index (χ0) is 23.5. The standard InChI is InChI=1S/C26H25BF3N2O/c1-20-19-25(26(28,29)30)31-27(22-9-5-3-6-10-22,23-11-7-4-8-12-23)32(20)18-17-21-13-15-24(33-2)16-14-21/h3-16,19H,17-18H2,1-2H3/q-1. The Balaban J connectivity index is 1.85. The first-order valence-corrected chi connectivity index (χ1v) is 10.9. The third kappa shape index (κ3) is 4.53. The van der Waals surface area contributed by atoms with Crippen molar-refractivity contribution >= 4 is 23.1 Å². The molecule has 7 heteroatoms. The van der Waals surface area contributed by atoms with Crippen LogP contribution in [0.4, 0.5) is 13.2 Å². The second-order valence-corrected chi connectivity index (χ2v) is 8.19. The van der Waals surface area contributed by atoms with E-state index in [0.29, 0.717) is 18.7 Å². The van der Waals surface area contributed by atoms with E-state index in [9.17, 15) is 13.2 Å². The van der Waals surface area contributed by atoms with Gasteiger partial charge < -0.3 is 14.5 Å². The van der Waals surface area contributed by atoms with Crippen LogP contribution in [0.5, 0.6) is 5.75 Å². The van der Waals surface area contributed by atoms with Crippen LogP contribution in [-0.2, 0) is 6.42 Å². The van der Waals surface area contributed by atoms with Crippen molar-refractivity contribution in [3.05, 3.63) is 102 Å². The van der Waals surface area contributed by atoms with E-state index in [2.05, 4.69) is 4.90 Å². The minimum absolute atomic E-state index is 0.507. The first-order valence-electron chi connectivity index (χ1n) is 10.9. The van der Waals surface area contributed by atoms with Crippen LogP contribution in [0.25, 0.3) is 0 Å². The Labute approximate surface area is 192 Å². The average Bonchev–Trinajstić information content (AvgIpc) is 2.83. The van der Waals surface area contributed by atoms with Crippen LogP contribution >= 0.6 is 0 Å². The summed E-state index contributed by atoms with van der Waals surface area (Å²) in [6.45, 7) is 2.24. The monoisotopic (exact) mass is 449 g/mol. The van der Waals surface area contributed by atoms with Crippen LogP contribution in [-0.4, -0.2) is 36.8 Å². The lowest BCUT2D eigenvalue weighted by molar-refractivity contribution is -0.0577. The summed E-state index contributed by atoms with van der Waals surface area (Å²) in [7, 11) is 1.61. The molecule has 0 bridgehead atoms. The summed E-state index contributed by atoms with van der Waals surface area (Å²) < 4.78 is 47.1. The molecule has 4 rings (SSSR count). The van der Waals surface area contributed by atoms with Gasteiger partial charge in [0.1, 0.15) is 5.75 Å². The number of halogens is 3. The van der Waals surface area contributed by atoms with Crippen LogP contribution in [0, 0.1) is 0 Å². The van der Waals surface area contributed by atoms with E-state index < -0.39 is 18.3 Å². The molecule has 0 atom stereocenters. The Morgan fingerprint density at radius 1 is 0.848 bits per heavy atom. The first kappa shape index (κ1) is 22.7. The number of hydrogen-bond donors (Lipinski definition) is 0. The minimum Gasteiger partial charge on any atom is -0.522 e. The maximum Gasteiger partial charge on any atom is 0.429 e. The molecule has 1 aliphatic rings. The van der Waals surface area contributed by atoms with Gasteiger partial charge in [-0.25, -0.2) is 0 Å². The SMILES string of the molecule is COc1ccc(CCN2C(C)=CC(C(F)(F)F)=N[B-]2(c2ccccc2)c2ccccc2)cc1. The van der Waals surface area contributed by atoms with Gasteiger partial charge in [-0.2, -0.15) is 24.1 Å². The average molecular weight is 449 g/mol. The van der Waals surface area contributed by atoms with Gasteiger partial charge in [0.15, 0.2) is 0 Å². The molecule has 170 valence electrons. The van der Waals surface area contributed by atoms with Crippen LogP contribution in [0.1, 0.15) is 12.5 Å². The summed E-state index contributed by atoms with van der Waals surface area (Å²) in [5.74, 6) is 0.763. The van der Waals surface area contributed by atoms with E-state index >= 15 is 0 Å². The number of hydrogen-bond acceptors (Lipinski definition) is 3. The van der Waals surface area contributed by atoms with Gasteiger partial charge in [0.05, 0.1) is 12.8 Å². The molecule has 33 heavy (non-hydrogen) atoms. The largest absolute Gasteiger partial charge is 0.522 e. The van der Waals surface area contributed by atoms with E-state index in [1.807, 2.05) is 89.7 Å². The van der Waals surface area contributed by atoms with Crippen LogP contribution < -0.4 is 15.7 Å². The van der Waals surface area contributed by atoms with E-state index in [0.717, 1.165) is 28.3 Å². The summed E-state index contributed by atoms with van der Waals surface area (Å²) in [5.41, 5.74) is 2.24. The van der Waals surface area contributed by atoms with E-state index in [-0.39, 0.29) is 0 Å². The summed E-state index contributed by atoms with van der Waals surface area (Å²) in [6.07, 6.45) is -4.99. The fraction of sp³-hybridized carbons (Fsp3) is 0.192. The van der Waals surface area contributed by atoms with Gasteiger partial charge in [0.2, 0.25) is 0 Å². The van der Waals surface area contributed by atoms with Gasteiger partial charge in [-0.1, -0.05) is 72.8 Å². The van der Waals surface area contributed by atoms with Crippen molar-refractivity contribution in [2.75, 3.05) is 13.7 Å². The molecule has 3 aromatic carbocycles. The minimum atomic E-state index is -4.54. The van der Waals surface area contributed by atoms with E-state index in [4.69, 9.17) is 4.74 Å². The van der Waals surface area contributed by atoms with E-state index in [1.54, 1.807) is 14.0 Å². The predicted molar refractivity (Wildman–Crippen MR) is 129 cm³/mol. The molecular formula is C26H25BF3N2O-. The Hall–Kier alpha value is -3.48. The van der Waals surface area contributed by atoms with Crippen LogP contribution in [0.15, 0.2) is 102 Å². The number of alkyl halides is 3. The zero-order valence-electron chi connectivity index (χ0n) is 18.6. The number of nitrogens with zero attached hydrogens (tertiary/aromatic N) is 2. The fourth-order valence-corrected chi connectivity index (χ4v) is 4.59. The molecule has 0 aromatic heterocycles. The maximum atomic E-state index is 13.9. The zero-order valence-corrected chi connectivity index (χ0v) is 18.6. The second-order valence-electron chi connectivity index (χ2n) is 8.19. The Kier molecular flexibility index (Phi) is 6.32. The highest BCUT2D eigenvalue weighted by molar-refractivity contribution is 7.00. The second kappa shape index (κ2) is 9.18. The Morgan fingerprint density at radius 3 is 1.88 bits per heavy atom. The Morgan fingerprint density at radius 2 is 1.39 bits per heavy atom. The Bertz CT molecular complexity index is 1100. The molecule has 1 heterocycles. The molecule has 0 aliphatic carbocycles. The number of methoxy groups -OCH3 is 1. The number of benzene rings is 3. The molecular weight excluding hydrogens is 424 g/mol. The molecule has 0 N–H and O–H groups in total. The number of rotatable bonds is 6. The van der Waals surface area contributed by atoms with Crippen molar-refractivity contribution < 1.29 is 17.9 Å². The van der Waals surface area contributed by atoms with Gasteiger partial charge in [-0.05, 0) is 49.4 Å². The molecule has 0 saturated heterocycles. The predicted octanol–water partition coefficient (Wildman–Crippen LogP) is 4.72. The molecule has 3 aromatic rings. The molecule has 3 nitrogen and oxygen atoms in total. The van der Waals surface area contributed by atoms with Gasteiger partial charge in [-0.3, -0.25) is 0 Å². The van der Waals surface area contributed by atoms with Gasteiger partial charge >= 0.3 is 6.18 Å². The number of ether oxygens (including phenoxy) is 1. The van der Waals surface area contributed by atoms with Crippen molar-refractivity contribution in [2.45, 2.75) is 19.5 Å². The van der Waals surface area contributed by atoms with Gasteiger partial charge in [-0.15, -0.1) is 0 Å². The normalized spacial score (nSPS) is 15.6. The van der Waals surface area contributed by atoms with Crippen LogP contribution in [0.3, 0.4) is 0 Å². The molecule has 0 unspecified atom stereocenters. The lowest BCUT2D eigenvalue weighted by atomic mass is 9.35.